The molecule has 0 saturated carbocycles. The first kappa shape index (κ1) is 18.2. The lowest BCUT2D eigenvalue weighted by molar-refractivity contribution is 0.774. The molecule has 1 spiro atoms. The maximum absolute atomic E-state index is 4.28. The van der Waals surface area contributed by atoms with Crippen molar-refractivity contribution < 1.29 is 0 Å². The van der Waals surface area contributed by atoms with E-state index in [-0.39, 0.29) is 5.41 Å². The molecule has 0 fully saturated rings. The average Bonchev–Trinajstić information content (AvgIpc) is 3.30. The van der Waals surface area contributed by atoms with Crippen molar-refractivity contribution in [2.75, 3.05) is 0 Å². The van der Waals surface area contributed by atoms with Crippen molar-refractivity contribution in [2.45, 2.75) is 18.3 Å². The van der Waals surface area contributed by atoms with Crippen LogP contribution in [0.25, 0.3) is 22.3 Å². The Labute approximate surface area is 184 Å². The van der Waals surface area contributed by atoms with Gasteiger partial charge in [0.15, 0.2) is 0 Å². The molecule has 0 N–H and O–H groups in total. The van der Waals surface area contributed by atoms with E-state index in [0.717, 1.165) is 12.8 Å². The fraction of sp³-hybridized carbons (Fsp3) is 0.0968. The SMILES string of the molecule is C=CC1=C(C=C)C2(C3=C(CCC=C3)c3ccccc32)c2ccc(-c3ccccc3)cc21. The molecule has 148 valence electrons. The Morgan fingerprint density at radius 3 is 2.32 bits per heavy atom. The number of hydrogen-bond acceptors (Lipinski definition) is 0. The molecule has 0 aliphatic heterocycles. The highest BCUT2D eigenvalue weighted by molar-refractivity contribution is 5.99. The summed E-state index contributed by atoms with van der Waals surface area (Å²) in [6.45, 7) is 8.50. The summed E-state index contributed by atoms with van der Waals surface area (Å²) in [7, 11) is 0. The lowest BCUT2D eigenvalue weighted by Gasteiger charge is -2.33. The average molecular weight is 397 g/mol. The molecule has 1 unspecified atom stereocenters. The predicted octanol–water partition coefficient (Wildman–Crippen LogP) is 7.90. The van der Waals surface area contributed by atoms with Crippen LogP contribution in [0.4, 0.5) is 0 Å². The Balaban J connectivity index is 1.71. The van der Waals surface area contributed by atoms with Crippen LogP contribution >= 0.6 is 0 Å². The Hall–Kier alpha value is -3.64. The van der Waals surface area contributed by atoms with Gasteiger partial charge in [0, 0.05) is 0 Å². The molecule has 0 saturated heterocycles. The summed E-state index contributed by atoms with van der Waals surface area (Å²) in [6, 6.07) is 26.5. The van der Waals surface area contributed by atoms with Gasteiger partial charge in [-0.2, -0.15) is 0 Å². The number of rotatable bonds is 3. The highest BCUT2D eigenvalue weighted by Crippen LogP contribution is 2.62. The molecule has 3 aliphatic rings. The van der Waals surface area contributed by atoms with Crippen molar-refractivity contribution in [3.8, 4) is 11.1 Å². The number of hydrogen-bond donors (Lipinski definition) is 0. The van der Waals surface area contributed by atoms with Gasteiger partial charge in [-0.05, 0) is 74.6 Å². The second-order valence-corrected chi connectivity index (χ2v) is 8.49. The first-order valence-electron chi connectivity index (χ1n) is 11.0. The zero-order valence-corrected chi connectivity index (χ0v) is 17.6. The maximum Gasteiger partial charge on any atom is 0.0721 e. The van der Waals surface area contributed by atoms with Gasteiger partial charge in [-0.3, -0.25) is 0 Å². The zero-order valence-electron chi connectivity index (χ0n) is 17.6. The van der Waals surface area contributed by atoms with E-state index in [9.17, 15) is 0 Å². The fourth-order valence-electron chi connectivity index (χ4n) is 5.97. The van der Waals surface area contributed by atoms with E-state index in [1.54, 1.807) is 0 Å². The molecule has 3 aromatic carbocycles. The molecule has 0 bridgehead atoms. The molecule has 3 aromatic rings. The van der Waals surface area contributed by atoms with Gasteiger partial charge in [-0.1, -0.05) is 104 Å². The number of allylic oxidation sites excluding steroid dienone is 8. The molecule has 1 atom stereocenters. The quantitative estimate of drug-likeness (QED) is 0.422. The van der Waals surface area contributed by atoms with E-state index in [0.29, 0.717) is 0 Å². The van der Waals surface area contributed by atoms with Gasteiger partial charge >= 0.3 is 0 Å². The molecule has 0 nitrogen and oxygen atoms in total. The minimum atomic E-state index is -0.293. The summed E-state index contributed by atoms with van der Waals surface area (Å²) >= 11 is 0. The molecule has 0 amide bonds. The first-order valence-corrected chi connectivity index (χ1v) is 11.0. The van der Waals surface area contributed by atoms with Crippen molar-refractivity contribution in [1.29, 1.82) is 0 Å². The molecule has 6 rings (SSSR count). The third-order valence-electron chi connectivity index (χ3n) is 7.15. The number of benzene rings is 3. The van der Waals surface area contributed by atoms with Crippen LogP contribution in [0, 0.1) is 0 Å². The zero-order chi connectivity index (χ0) is 21.0. The van der Waals surface area contributed by atoms with E-state index in [1.807, 2.05) is 6.08 Å². The normalized spacial score (nSPS) is 20.6. The topological polar surface area (TPSA) is 0 Å². The minimum absolute atomic E-state index is 0.293. The Morgan fingerprint density at radius 2 is 1.52 bits per heavy atom. The highest BCUT2D eigenvalue weighted by atomic mass is 14.5. The van der Waals surface area contributed by atoms with Gasteiger partial charge in [0.1, 0.15) is 0 Å². The molecule has 31 heavy (non-hydrogen) atoms. The third-order valence-corrected chi connectivity index (χ3v) is 7.15. The van der Waals surface area contributed by atoms with Gasteiger partial charge in [0.25, 0.3) is 0 Å². The molecular weight excluding hydrogens is 372 g/mol. The standard InChI is InChI=1S/C31H24/c1-3-23-26-20-22(21-12-6-5-7-13-21)18-19-30(26)31(27(23)4-2)28-16-10-8-14-24(28)25-15-9-11-17-29(25)31/h3-8,10-14,16-20H,1-2,9,15H2. The van der Waals surface area contributed by atoms with Crippen LogP contribution in [-0.2, 0) is 5.41 Å². The molecule has 0 radical (unpaired) electrons. The Morgan fingerprint density at radius 1 is 0.742 bits per heavy atom. The number of fused-ring (bicyclic) bond motifs is 6. The van der Waals surface area contributed by atoms with Crippen molar-refractivity contribution in [3.63, 3.8) is 0 Å². The van der Waals surface area contributed by atoms with Gasteiger partial charge < -0.3 is 0 Å². The Bertz CT molecular complexity index is 1340. The van der Waals surface area contributed by atoms with Crippen molar-refractivity contribution in [3.05, 3.63) is 144 Å². The first-order chi connectivity index (χ1) is 15.3. The summed E-state index contributed by atoms with van der Waals surface area (Å²) < 4.78 is 0. The fourth-order valence-corrected chi connectivity index (χ4v) is 5.97. The largest absolute Gasteiger partial charge is 0.0987 e. The van der Waals surface area contributed by atoms with Gasteiger partial charge in [0.05, 0.1) is 5.41 Å². The van der Waals surface area contributed by atoms with Crippen LogP contribution in [0.3, 0.4) is 0 Å². The van der Waals surface area contributed by atoms with Crippen LogP contribution < -0.4 is 0 Å². The minimum Gasteiger partial charge on any atom is -0.0987 e. The van der Waals surface area contributed by atoms with E-state index < -0.39 is 0 Å². The van der Waals surface area contributed by atoms with E-state index in [2.05, 4.69) is 104 Å². The summed E-state index contributed by atoms with van der Waals surface area (Å²) in [5, 5.41) is 0. The van der Waals surface area contributed by atoms with Crippen LogP contribution in [0.2, 0.25) is 0 Å². The Kier molecular flexibility index (Phi) is 3.91. The molecular formula is C31H24. The van der Waals surface area contributed by atoms with E-state index in [1.165, 1.54) is 55.7 Å². The van der Waals surface area contributed by atoms with Gasteiger partial charge in [-0.25, -0.2) is 0 Å². The lowest BCUT2D eigenvalue weighted by Crippen LogP contribution is -2.27. The summed E-state index contributed by atoms with van der Waals surface area (Å²) in [4.78, 5) is 0. The smallest absolute Gasteiger partial charge is 0.0721 e. The summed E-state index contributed by atoms with van der Waals surface area (Å²) in [5.74, 6) is 0. The van der Waals surface area contributed by atoms with Crippen LogP contribution in [-0.4, -0.2) is 0 Å². The van der Waals surface area contributed by atoms with Gasteiger partial charge in [-0.15, -0.1) is 0 Å². The molecule has 0 heterocycles. The second-order valence-electron chi connectivity index (χ2n) is 8.49. The predicted molar refractivity (Wildman–Crippen MR) is 132 cm³/mol. The van der Waals surface area contributed by atoms with Crippen molar-refractivity contribution >= 4 is 11.1 Å². The molecule has 3 aliphatic carbocycles. The van der Waals surface area contributed by atoms with Gasteiger partial charge in [0.2, 0.25) is 0 Å². The molecule has 0 aromatic heterocycles. The highest BCUT2D eigenvalue weighted by Gasteiger charge is 2.52. The monoisotopic (exact) mass is 396 g/mol. The van der Waals surface area contributed by atoms with Crippen LogP contribution in [0.15, 0.2) is 121 Å². The maximum atomic E-state index is 4.28. The van der Waals surface area contributed by atoms with E-state index in [4.69, 9.17) is 0 Å². The third kappa shape index (κ3) is 2.25. The van der Waals surface area contributed by atoms with Crippen LogP contribution in [0.1, 0.15) is 35.1 Å². The lowest BCUT2D eigenvalue weighted by atomic mass is 9.68. The van der Waals surface area contributed by atoms with Crippen LogP contribution in [0.5, 0.6) is 0 Å². The molecule has 0 heteroatoms. The summed E-state index contributed by atoms with van der Waals surface area (Å²) in [5.41, 5.74) is 12.9. The van der Waals surface area contributed by atoms with Crippen molar-refractivity contribution in [1.82, 2.24) is 0 Å². The summed E-state index contributed by atoms with van der Waals surface area (Å²) in [6.07, 6.45) is 11.0. The second kappa shape index (κ2) is 6.68. The van der Waals surface area contributed by atoms with E-state index >= 15 is 0 Å². The van der Waals surface area contributed by atoms with Crippen molar-refractivity contribution in [2.24, 2.45) is 0 Å².